The number of nitrogens with one attached hydrogen (secondary N) is 2. The largest absolute Gasteiger partial charge is 0.497 e. The van der Waals surface area contributed by atoms with E-state index in [1.165, 1.54) is 0 Å². The number of methoxy groups -OCH3 is 3. The maximum absolute atomic E-state index is 13.0. The number of ether oxygens (including phenoxy) is 3. The zero-order chi connectivity index (χ0) is 19.9. The predicted octanol–water partition coefficient (Wildman–Crippen LogP) is 2.19. The standard InChI is InChI=1S/C19H21N5O4/c1-26-14-8-5-13(6-9-14)20-19(25)16(18-21-23-24-22-18)10-12-4-7-15(27-2)11-17(12)28-3/h4-9,11,16H,10H2,1-3H3,(H,20,25)(H,21,22,23,24). The second kappa shape index (κ2) is 8.85. The molecule has 0 aliphatic carbocycles. The Balaban J connectivity index is 1.84. The van der Waals surface area contributed by atoms with Crippen molar-refractivity contribution in [1.29, 1.82) is 0 Å². The topological polar surface area (TPSA) is 111 Å². The number of aromatic amines is 1. The van der Waals surface area contributed by atoms with Crippen LogP contribution in [0.1, 0.15) is 17.3 Å². The van der Waals surface area contributed by atoms with Crippen LogP contribution >= 0.6 is 0 Å². The molecule has 0 saturated carbocycles. The highest BCUT2D eigenvalue weighted by atomic mass is 16.5. The summed E-state index contributed by atoms with van der Waals surface area (Å²) in [5.41, 5.74) is 1.46. The summed E-state index contributed by atoms with van der Waals surface area (Å²) in [4.78, 5) is 13.0. The highest BCUT2D eigenvalue weighted by molar-refractivity contribution is 5.95. The summed E-state index contributed by atoms with van der Waals surface area (Å²) in [6, 6.07) is 12.5. The van der Waals surface area contributed by atoms with Gasteiger partial charge in [-0.05, 0) is 42.3 Å². The minimum absolute atomic E-state index is 0.260. The van der Waals surface area contributed by atoms with E-state index in [4.69, 9.17) is 14.2 Å². The number of rotatable bonds is 8. The third-order valence-electron chi connectivity index (χ3n) is 4.27. The number of nitrogens with zero attached hydrogens (tertiary/aromatic N) is 3. The van der Waals surface area contributed by atoms with Crippen LogP contribution in [0.5, 0.6) is 17.2 Å². The zero-order valence-electron chi connectivity index (χ0n) is 15.8. The second-order valence-corrected chi connectivity index (χ2v) is 5.92. The lowest BCUT2D eigenvalue weighted by Crippen LogP contribution is -2.24. The van der Waals surface area contributed by atoms with E-state index >= 15 is 0 Å². The fraction of sp³-hybridized carbons (Fsp3) is 0.263. The molecule has 1 heterocycles. The number of amides is 1. The Hall–Kier alpha value is -3.62. The molecule has 3 rings (SSSR count). The van der Waals surface area contributed by atoms with Gasteiger partial charge in [-0.3, -0.25) is 4.79 Å². The van der Waals surface area contributed by atoms with Crippen LogP contribution in [0.25, 0.3) is 0 Å². The van der Waals surface area contributed by atoms with Crippen molar-refractivity contribution in [3.8, 4) is 17.2 Å². The molecule has 3 aromatic rings. The van der Waals surface area contributed by atoms with E-state index in [0.29, 0.717) is 35.2 Å². The summed E-state index contributed by atoms with van der Waals surface area (Å²) in [7, 11) is 4.74. The van der Waals surface area contributed by atoms with Gasteiger partial charge < -0.3 is 19.5 Å². The first kappa shape index (κ1) is 19.2. The molecule has 28 heavy (non-hydrogen) atoms. The summed E-state index contributed by atoms with van der Waals surface area (Å²) < 4.78 is 15.8. The Labute approximate surface area is 162 Å². The average Bonchev–Trinajstić information content (AvgIpc) is 3.26. The van der Waals surface area contributed by atoms with E-state index in [0.717, 1.165) is 5.56 Å². The lowest BCUT2D eigenvalue weighted by molar-refractivity contribution is -0.117. The van der Waals surface area contributed by atoms with Gasteiger partial charge in [0.25, 0.3) is 0 Å². The van der Waals surface area contributed by atoms with Crippen molar-refractivity contribution in [2.45, 2.75) is 12.3 Å². The third-order valence-corrected chi connectivity index (χ3v) is 4.27. The molecule has 9 heteroatoms. The smallest absolute Gasteiger partial charge is 0.235 e. The van der Waals surface area contributed by atoms with E-state index in [9.17, 15) is 4.79 Å². The van der Waals surface area contributed by atoms with Gasteiger partial charge in [0.2, 0.25) is 5.91 Å². The molecule has 2 N–H and O–H groups in total. The van der Waals surface area contributed by atoms with E-state index in [1.807, 2.05) is 12.1 Å². The molecule has 2 aromatic carbocycles. The maximum atomic E-state index is 13.0. The Morgan fingerprint density at radius 2 is 1.75 bits per heavy atom. The Morgan fingerprint density at radius 1 is 1.04 bits per heavy atom. The minimum Gasteiger partial charge on any atom is -0.497 e. The van der Waals surface area contributed by atoms with Crippen molar-refractivity contribution in [3.05, 3.63) is 53.9 Å². The Bertz CT molecular complexity index is 913. The van der Waals surface area contributed by atoms with E-state index in [-0.39, 0.29) is 5.91 Å². The number of anilines is 1. The van der Waals surface area contributed by atoms with Crippen molar-refractivity contribution in [3.63, 3.8) is 0 Å². The number of hydrogen-bond donors (Lipinski definition) is 2. The molecule has 1 atom stereocenters. The second-order valence-electron chi connectivity index (χ2n) is 5.92. The molecule has 0 spiro atoms. The normalized spacial score (nSPS) is 11.5. The van der Waals surface area contributed by atoms with Gasteiger partial charge in [-0.25, -0.2) is 0 Å². The molecule has 0 bridgehead atoms. The van der Waals surface area contributed by atoms with Crippen molar-refractivity contribution in [2.24, 2.45) is 0 Å². The average molecular weight is 383 g/mol. The van der Waals surface area contributed by atoms with E-state index in [1.54, 1.807) is 51.7 Å². The van der Waals surface area contributed by atoms with Crippen molar-refractivity contribution >= 4 is 11.6 Å². The summed E-state index contributed by atoms with van der Waals surface area (Å²) in [6.07, 6.45) is 0.328. The number of H-pyrrole nitrogens is 1. The Kier molecular flexibility index (Phi) is 6.05. The molecule has 1 aromatic heterocycles. The van der Waals surface area contributed by atoms with Crippen molar-refractivity contribution in [2.75, 3.05) is 26.6 Å². The molecule has 146 valence electrons. The molecule has 1 unspecified atom stereocenters. The Morgan fingerprint density at radius 3 is 2.36 bits per heavy atom. The fourth-order valence-electron chi connectivity index (χ4n) is 2.76. The van der Waals surface area contributed by atoms with Gasteiger partial charge in [-0.15, -0.1) is 10.2 Å². The number of tetrazole rings is 1. The summed E-state index contributed by atoms with van der Waals surface area (Å²) >= 11 is 0. The third kappa shape index (κ3) is 4.37. The number of hydrogen-bond acceptors (Lipinski definition) is 7. The number of aromatic nitrogens is 4. The van der Waals surface area contributed by atoms with Crippen molar-refractivity contribution in [1.82, 2.24) is 20.6 Å². The van der Waals surface area contributed by atoms with Gasteiger partial charge in [0.1, 0.15) is 23.2 Å². The predicted molar refractivity (Wildman–Crippen MR) is 102 cm³/mol. The van der Waals surface area contributed by atoms with E-state index in [2.05, 4.69) is 25.9 Å². The SMILES string of the molecule is COc1ccc(NC(=O)C(Cc2ccc(OC)cc2OC)c2nn[nH]n2)cc1. The monoisotopic (exact) mass is 383 g/mol. The van der Waals surface area contributed by atoms with Crippen LogP contribution in [0.4, 0.5) is 5.69 Å². The number of carbonyl (C=O) groups excluding carboxylic acids is 1. The minimum atomic E-state index is -0.664. The van der Waals surface area contributed by atoms with Crippen LogP contribution in [0.2, 0.25) is 0 Å². The molecule has 0 saturated heterocycles. The van der Waals surface area contributed by atoms with Crippen LogP contribution in [0.15, 0.2) is 42.5 Å². The van der Waals surface area contributed by atoms with Gasteiger partial charge in [0.15, 0.2) is 5.82 Å². The van der Waals surface area contributed by atoms with Crippen LogP contribution in [-0.2, 0) is 11.2 Å². The fourth-order valence-corrected chi connectivity index (χ4v) is 2.76. The van der Waals surface area contributed by atoms with Gasteiger partial charge >= 0.3 is 0 Å². The van der Waals surface area contributed by atoms with Gasteiger partial charge in [-0.2, -0.15) is 5.21 Å². The first-order valence-corrected chi connectivity index (χ1v) is 8.53. The lowest BCUT2D eigenvalue weighted by atomic mass is 9.96. The van der Waals surface area contributed by atoms with E-state index < -0.39 is 5.92 Å². The molecule has 1 amide bonds. The first-order chi connectivity index (χ1) is 13.6. The molecule has 0 radical (unpaired) electrons. The maximum Gasteiger partial charge on any atom is 0.235 e. The molecular formula is C19H21N5O4. The summed E-state index contributed by atoms with van der Waals surface area (Å²) in [6.45, 7) is 0. The number of carbonyl (C=O) groups is 1. The quantitative estimate of drug-likeness (QED) is 0.613. The van der Waals surface area contributed by atoms with Gasteiger partial charge in [0, 0.05) is 11.8 Å². The number of benzene rings is 2. The molecule has 0 aliphatic heterocycles. The van der Waals surface area contributed by atoms with Crippen LogP contribution < -0.4 is 19.5 Å². The molecule has 0 aliphatic rings. The highest BCUT2D eigenvalue weighted by Gasteiger charge is 2.27. The lowest BCUT2D eigenvalue weighted by Gasteiger charge is -2.16. The summed E-state index contributed by atoms with van der Waals surface area (Å²) in [5.74, 6) is 1.36. The van der Waals surface area contributed by atoms with Gasteiger partial charge in [0.05, 0.1) is 21.3 Å². The highest BCUT2D eigenvalue weighted by Crippen LogP contribution is 2.29. The van der Waals surface area contributed by atoms with Crippen LogP contribution in [-0.4, -0.2) is 47.9 Å². The molecule has 0 fully saturated rings. The van der Waals surface area contributed by atoms with Gasteiger partial charge in [-0.1, -0.05) is 11.3 Å². The van der Waals surface area contributed by atoms with Crippen LogP contribution in [0, 0.1) is 0 Å². The first-order valence-electron chi connectivity index (χ1n) is 8.53. The zero-order valence-corrected chi connectivity index (χ0v) is 15.8. The summed E-state index contributed by atoms with van der Waals surface area (Å²) in [5, 5.41) is 16.9. The van der Waals surface area contributed by atoms with Crippen LogP contribution in [0.3, 0.4) is 0 Å². The molecular weight excluding hydrogens is 362 g/mol. The molecule has 9 nitrogen and oxygen atoms in total. The van der Waals surface area contributed by atoms with Crippen molar-refractivity contribution < 1.29 is 19.0 Å².